The van der Waals surface area contributed by atoms with E-state index in [9.17, 15) is 9.18 Å². The van der Waals surface area contributed by atoms with E-state index in [1.54, 1.807) is 19.2 Å². The Kier molecular flexibility index (Phi) is 5.81. The molecule has 0 aromatic heterocycles. The summed E-state index contributed by atoms with van der Waals surface area (Å²) >= 11 is 1.52. The predicted octanol–water partition coefficient (Wildman–Crippen LogP) is 3.28. The number of benzene rings is 2. The maximum absolute atomic E-state index is 13.9. The van der Waals surface area contributed by atoms with E-state index < -0.39 is 0 Å². The van der Waals surface area contributed by atoms with E-state index in [1.165, 1.54) is 17.8 Å². The summed E-state index contributed by atoms with van der Waals surface area (Å²) in [5, 5.41) is 0. The van der Waals surface area contributed by atoms with Gasteiger partial charge in [0, 0.05) is 31.1 Å². The van der Waals surface area contributed by atoms with Gasteiger partial charge < -0.3 is 14.5 Å². The first kappa shape index (κ1) is 17.6. The first-order chi connectivity index (χ1) is 12.2. The normalized spacial score (nSPS) is 14.5. The minimum atomic E-state index is -0.211. The number of hydrogen-bond donors (Lipinski definition) is 0. The van der Waals surface area contributed by atoms with Gasteiger partial charge in [0.25, 0.3) is 0 Å². The van der Waals surface area contributed by atoms with Gasteiger partial charge in [-0.25, -0.2) is 4.39 Å². The number of carbonyl (C=O) groups excluding carboxylic acids is 1. The monoisotopic (exact) mass is 360 g/mol. The van der Waals surface area contributed by atoms with Crippen molar-refractivity contribution in [3.05, 3.63) is 54.3 Å². The average molecular weight is 360 g/mol. The minimum Gasteiger partial charge on any atom is -0.497 e. The van der Waals surface area contributed by atoms with Gasteiger partial charge in [-0.2, -0.15) is 0 Å². The molecular weight excluding hydrogens is 339 g/mol. The van der Waals surface area contributed by atoms with Gasteiger partial charge in [-0.05, 0) is 36.4 Å². The van der Waals surface area contributed by atoms with Crippen molar-refractivity contribution in [2.24, 2.45) is 0 Å². The van der Waals surface area contributed by atoms with E-state index in [-0.39, 0.29) is 11.7 Å². The van der Waals surface area contributed by atoms with Gasteiger partial charge in [0.05, 0.1) is 18.6 Å². The molecule has 0 saturated carbocycles. The van der Waals surface area contributed by atoms with Crippen LogP contribution >= 0.6 is 11.8 Å². The summed E-state index contributed by atoms with van der Waals surface area (Å²) < 4.78 is 19.0. The molecule has 0 unspecified atom stereocenters. The fraction of sp³-hybridized carbons (Fsp3) is 0.316. The van der Waals surface area contributed by atoms with Crippen LogP contribution in [0, 0.1) is 5.82 Å². The molecule has 1 aliphatic heterocycles. The van der Waals surface area contributed by atoms with Crippen molar-refractivity contribution in [3.63, 3.8) is 0 Å². The lowest BCUT2D eigenvalue weighted by molar-refractivity contribution is -0.128. The van der Waals surface area contributed by atoms with Crippen molar-refractivity contribution in [3.8, 4) is 5.75 Å². The third-order valence-corrected chi connectivity index (χ3v) is 5.24. The summed E-state index contributed by atoms with van der Waals surface area (Å²) in [7, 11) is 1.63. The smallest absolute Gasteiger partial charge is 0.233 e. The zero-order valence-electron chi connectivity index (χ0n) is 14.2. The Morgan fingerprint density at radius 1 is 1.08 bits per heavy atom. The topological polar surface area (TPSA) is 32.8 Å². The third-order valence-electron chi connectivity index (χ3n) is 4.25. The molecule has 0 bridgehead atoms. The Morgan fingerprint density at radius 3 is 2.40 bits per heavy atom. The molecule has 1 amide bonds. The molecule has 1 heterocycles. The fourth-order valence-electron chi connectivity index (χ4n) is 2.81. The molecule has 0 N–H and O–H groups in total. The largest absolute Gasteiger partial charge is 0.497 e. The number of thioether (sulfide) groups is 1. The minimum absolute atomic E-state index is 0.119. The molecule has 6 heteroatoms. The second kappa shape index (κ2) is 8.25. The summed E-state index contributed by atoms with van der Waals surface area (Å²) in [6.07, 6.45) is 0. The summed E-state index contributed by atoms with van der Waals surface area (Å²) in [6.45, 7) is 2.55. The number of rotatable bonds is 5. The van der Waals surface area contributed by atoms with E-state index in [0.29, 0.717) is 37.6 Å². The Labute approximate surface area is 151 Å². The first-order valence-electron chi connectivity index (χ1n) is 8.21. The molecular formula is C19H21FN2O2S. The lowest BCUT2D eigenvalue weighted by atomic mass is 10.2. The molecule has 0 atom stereocenters. The Bertz CT molecular complexity index is 716. The van der Waals surface area contributed by atoms with Gasteiger partial charge in [-0.1, -0.05) is 12.1 Å². The summed E-state index contributed by atoms with van der Waals surface area (Å²) in [4.78, 5) is 17.3. The second-order valence-corrected chi connectivity index (χ2v) is 6.83. The van der Waals surface area contributed by atoms with Crippen molar-refractivity contribution in [1.29, 1.82) is 0 Å². The number of para-hydroxylation sites is 1. The summed E-state index contributed by atoms with van der Waals surface area (Å²) in [6, 6.07) is 14.5. The van der Waals surface area contributed by atoms with Crippen molar-refractivity contribution in [2.45, 2.75) is 4.90 Å². The van der Waals surface area contributed by atoms with Crippen LogP contribution in [0.3, 0.4) is 0 Å². The highest BCUT2D eigenvalue weighted by molar-refractivity contribution is 8.00. The molecule has 1 saturated heterocycles. The number of hydrogen-bond acceptors (Lipinski definition) is 4. The number of methoxy groups -OCH3 is 1. The van der Waals surface area contributed by atoms with Crippen LogP contribution in [0.15, 0.2) is 53.4 Å². The van der Waals surface area contributed by atoms with E-state index in [2.05, 4.69) is 0 Å². The molecule has 2 aromatic carbocycles. The van der Waals surface area contributed by atoms with Gasteiger partial charge in [-0.3, -0.25) is 4.79 Å². The van der Waals surface area contributed by atoms with Gasteiger partial charge in [0.15, 0.2) is 0 Å². The average Bonchev–Trinajstić information content (AvgIpc) is 2.67. The third kappa shape index (κ3) is 4.45. The SMILES string of the molecule is COc1ccc(SCC(=O)N2CCN(c3ccccc3F)CC2)cc1. The van der Waals surface area contributed by atoms with Crippen LogP contribution in [-0.4, -0.2) is 49.8 Å². The lowest BCUT2D eigenvalue weighted by Gasteiger charge is -2.36. The van der Waals surface area contributed by atoms with E-state index in [1.807, 2.05) is 40.1 Å². The van der Waals surface area contributed by atoms with Gasteiger partial charge in [-0.15, -0.1) is 11.8 Å². The Hall–Kier alpha value is -2.21. The van der Waals surface area contributed by atoms with Gasteiger partial charge in [0.2, 0.25) is 5.91 Å². The van der Waals surface area contributed by atoms with E-state index >= 15 is 0 Å². The standard InChI is InChI=1S/C19H21FN2O2S/c1-24-15-6-8-16(9-7-15)25-14-19(23)22-12-10-21(11-13-22)18-5-3-2-4-17(18)20/h2-9H,10-14H2,1H3. The highest BCUT2D eigenvalue weighted by Gasteiger charge is 2.22. The molecule has 1 aliphatic rings. The number of piperazine rings is 1. The molecule has 0 radical (unpaired) electrons. The molecule has 2 aromatic rings. The molecule has 0 spiro atoms. The first-order valence-corrected chi connectivity index (χ1v) is 9.20. The van der Waals surface area contributed by atoms with Gasteiger partial charge in [0.1, 0.15) is 11.6 Å². The van der Waals surface area contributed by atoms with Crippen LogP contribution in [0.4, 0.5) is 10.1 Å². The van der Waals surface area contributed by atoms with Crippen molar-refractivity contribution >= 4 is 23.4 Å². The molecule has 4 nitrogen and oxygen atoms in total. The summed E-state index contributed by atoms with van der Waals surface area (Å²) in [5.41, 5.74) is 0.613. The second-order valence-electron chi connectivity index (χ2n) is 5.78. The number of ether oxygens (including phenoxy) is 1. The Balaban J connectivity index is 1.49. The highest BCUT2D eigenvalue weighted by Crippen LogP contribution is 2.23. The number of halogens is 1. The Morgan fingerprint density at radius 2 is 1.76 bits per heavy atom. The van der Waals surface area contributed by atoms with Crippen LogP contribution in [0.25, 0.3) is 0 Å². The zero-order chi connectivity index (χ0) is 17.6. The van der Waals surface area contributed by atoms with Gasteiger partial charge >= 0.3 is 0 Å². The number of carbonyl (C=O) groups is 1. The van der Waals surface area contributed by atoms with Crippen molar-refractivity contribution in [2.75, 3.05) is 43.9 Å². The zero-order valence-corrected chi connectivity index (χ0v) is 15.0. The lowest BCUT2D eigenvalue weighted by Crippen LogP contribution is -2.49. The molecule has 1 fully saturated rings. The highest BCUT2D eigenvalue weighted by atomic mass is 32.2. The van der Waals surface area contributed by atoms with Crippen LogP contribution < -0.4 is 9.64 Å². The van der Waals surface area contributed by atoms with Crippen molar-refractivity contribution < 1.29 is 13.9 Å². The fourth-order valence-corrected chi connectivity index (χ4v) is 3.61. The predicted molar refractivity (Wildman–Crippen MR) is 98.9 cm³/mol. The molecule has 132 valence electrons. The quantitative estimate of drug-likeness (QED) is 0.766. The maximum Gasteiger partial charge on any atom is 0.233 e. The maximum atomic E-state index is 13.9. The van der Waals surface area contributed by atoms with E-state index in [0.717, 1.165) is 10.6 Å². The molecule has 3 rings (SSSR count). The van der Waals surface area contributed by atoms with Crippen LogP contribution in [0.1, 0.15) is 0 Å². The number of nitrogens with zero attached hydrogens (tertiary/aromatic N) is 2. The molecule has 0 aliphatic carbocycles. The summed E-state index contributed by atoms with van der Waals surface area (Å²) in [5.74, 6) is 1.12. The number of anilines is 1. The van der Waals surface area contributed by atoms with Crippen LogP contribution in [0.5, 0.6) is 5.75 Å². The van der Waals surface area contributed by atoms with Crippen molar-refractivity contribution in [1.82, 2.24) is 4.90 Å². The van der Waals surface area contributed by atoms with Crippen LogP contribution in [-0.2, 0) is 4.79 Å². The number of amides is 1. The molecule has 25 heavy (non-hydrogen) atoms. The van der Waals surface area contributed by atoms with E-state index in [4.69, 9.17) is 4.74 Å². The van der Waals surface area contributed by atoms with Crippen LogP contribution in [0.2, 0.25) is 0 Å².